The monoisotopic (exact) mass is 231 g/mol. The van der Waals surface area contributed by atoms with E-state index in [0.29, 0.717) is 13.1 Å². The molecule has 0 aliphatic carbocycles. The highest BCUT2D eigenvalue weighted by atomic mass is 16.4. The van der Waals surface area contributed by atoms with Crippen molar-refractivity contribution in [3.05, 3.63) is 0 Å². The van der Waals surface area contributed by atoms with Crippen LogP contribution < -0.4 is 10.6 Å². The third-order valence-corrected chi connectivity index (χ3v) is 1.89. The molecule has 0 bridgehead atoms. The first-order valence-electron chi connectivity index (χ1n) is 5.02. The van der Waals surface area contributed by atoms with Crippen LogP contribution >= 0.6 is 0 Å². The summed E-state index contributed by atoms with van der Waals surface area (Å²) in [4.78, 5) is 34.1. The summed E-state index contributed by atoms with van der Waals surface area (Å²) in [5.74, 6) is -1.65. The quantitative estimate of drug-likeness (QED) is 0.559. The number of urea groups is 1. The highest BCUT2D eigenvalue weighted by molar-refractivity contribution is 5.86. The molecule has 7 nitrogen and oxygen atoms in total. The van der Waals surface area contributed by atoms with E-state index in [1.165, 1.54) is 4.90 Å². The zero-order valence-corrected chi connectivity index (χ0v) is 9.45. The van der Waals surface area contributed by atoms with E-state index < -0.39 is 18.4 Å². The van der Waals surface area contributed by atoms with Crippen molar-refractivity contribution < 1.29 is 19.5 Å². The number of carboxylic acid groups (broad SMARTS) is 1. The van der Waals surface area contributed by atoms with Gasteiger partial charge >= 0.3 is 12.0 Å². The number of nitrogens with one attached hydrogen (secondary N) is 2. The number of hydrogen-bond donors (Lipinski definition) is 3. The fraction of sp³-hybridized carbons (Fsp3) is 0.667. The van der Waals surface area contributed by atoms with Crippen molar-refractivity contribution in [1.29, 1.82) is 0 Å². The van der Waals surface area contributed by atoms with Crippen LogP contribution in [0.1, 0.15) is 13.8 Å². The van der Waals surface area contributed by atoms with Gasteiger partial charge in [-0.3, -0.25) is 9.59 Å². The Morgan fingerprint density at radius 3 is 2.06 bits per heavy atom. The Morgan fingerprint density at radius 2 is 1.62 bits per heavy atom. The number of rotatable bonds is 6. The van der Waals surface area contributed by atoms with Gasteiger partial charge in [-0.2, -0.15) is 0 Å². The van der Waals surface area contributed by atoms with E-state index >= 15 is 0 Å². The summed E-state index contributed by atoms with van der Waals surface area (Å²) in [6, 6.07) is -0.338. The van der Waals surface area contributed by atoms with Crippen LogP contribution in [0.4, 0.5) is 4.79 Å². The van der Waals surface area contributed by atoms with Gasteiger partial charge in [0.15, 0.2) is 0 Å². The van der Waals surface area contributed by atoms with Gasteiger partial charge in [0.05, 0.1) is 6.54 Å². The molecule has 0 fully saturated rings. The molecule has 3 N–H and O–H groups in total. The predicted octanol–water partition coefficient (Wildman–Crippen LogP) is -0.761. The van der Waals surface area contributed by atoms with Crippen molar-refractivity contribution in [3.8, 4) is 0 Å². The molecule has 0 saturated heterocycles. The normalized spacial score (nSPS) is 9.38. The molecule has 3 amide bonds. The maximum Gasteiger partial charge on any atom is 0.322 e. The Labute approximate surface area is 93.8 Å². The van der Waals surface area contributed by atoms with E-state index in [1.807, 2.05) is 13.8 Å². The first-order valence-corrected chi connectivity index (χ1v) is 5.02. The standard InChI is InChI=1S/C9H17N3O4/c1-3-12(4-2)9(16)11-5-7(13)10-6-8(14)15/h3-6H2,1-2H3,(H,10,13)(H,11,16)(H,14,15). The van der Waals surface area contributed by atoms with Crippen LogP contribution in [0.2, 0.25) is 0 Å². The minimum Gasteiger partial charge on any atom is -0.480 e. The highest BCUT2D eigenvalue weighted by Gasteiger charge is 2.10. The molecule has 0 unspecified atom stereocenters. The summed E-state index contributed by atoms with van der Waals surface area (Å²) >= 11 is 0. The lowest BCUT2D eigenvalue weighted by molar-refractivity contribution is -0.137. The van der Waals surface area contributed by atoms with Crippen molar-refractivity contribution in [2.24, 2.45) is 0 Å². The van der Waals surface area contributed by atoms with Gasteiger partial charge in [0.2, 0.25) is 5.91 Å². The summed E-state index contributed by atoms with van der Waals surface area (Å²) in [6.45, 7) is 4.10. The molecule has 0 heterocycles. The smallest absolute Gasteiger partial charge is 0.322 e. The SMILES string of the molecule is CCN(CC)C(=O)NCC(=O)NCC(=O)O. The van der Waals surface area contributed by atoms with Crippen LogP contribution in [0.5, 0.6) is 0 Å². The molecule has 0 rings (SSSR count). The van der Waals surface area contributed by atoms with Gasteiger partial charge in [0.25, 0.3) is 0 Å². The third kappa shape index (κ3) is 5.84. The van der Waals surface area contributed by atoms with Crippen LogP contribution in [0.15, 0.2) is 0 Å². The minimum atomic E-state index is -1.12. The largest absolute Gasteiger partial charge is 0.480 e. The van der Waals surface area contributed by atoms with Crippen molar-refractivity contribution in [2.45, 2.75) is 13.8 Å². The summed E-state index contributed by atoms with van der Waals surface area (Å²) in [6.07, 6.45) is 0. The lowest BCUT2D eigenvalue weighted by Gasteiger charge is -2.18. The molecule has 0 aliphatic heterocycles. The Morgan fingerprint density at radius 1 is 1.06 bits per heavy atom. The second-order valence-corrected chi connectivity index (χ2v) is 3.00. The predicted molar refractivity (Wildman–Crippen MR) is 57.0 cm³/mol. The fourth-order valence-corrected chi connectivity index (χ4v) is 1.02. The van der Waals surface area contributed by atoms with Crippen LogP contribution in [0, 0.1) is 0 Å². The van der Waals surface area contributed by atoms with Crippen LogP contribution in [0.25, 0.3) is 0 Å². The summed E-state index contributed by atoms with van der Waals surface area (Å²) in [7, 11) is 0. The van der Waals surface area contributed by atoms with Crippen LogP contribution in [-0.4, -0.2) is 54.1 Å². The molecule has 92 valence electrons. The van der Waals surface area contributed by atoms with Gasteiger partial charge in [0, 0.05) is 13.1 Å². The first-order chi connectivity index (χ1) is 7.51. The number of carbonyl (C=O) groups is 3. The van der Waals surface area contributed by atoms with Gasteiger partial charge in [-0.25, -0.2) is 4.79 Å². The second kappa shape index (κ2) is 7.49. The molecule has 0 aromatic rings. The molecule has 0 aromatic carbocycles. The Kier molecular flexibility index (Phi) is 6.66. The van der Waals surface area contributed by atoms with Crippen LogP contribution in [0.3, 0.4) is 0 Å². The summed E-state index contributed by atoms with van der Waals surface area (Å²) in [5.41, 5.74) is 0. The minimum absolute atomic E-state index is 0.220. The maximum absolute atomic E-state index is 11.4. The average molecular weight is 231 g/mol. The number of aliphatic carboxylic acids is 1. The maximum atomic E-state index is 11.4. The third-order valence-electron chi connectivity index (χ3n) is 1.89. The molecule has 0 spiro atoms. The van der Waals surface area contributed by atoms with E-state index in [9.17, 15) is 14.4 Å². The van der Waals surface area contributed by atoms with E-state index in [0.717, 1.165) is 0 Å². The first kappa shape index (κ1) is 14.2. The number of carbonyl (C=O) groups excluding carboxylic acids is 2. The zero-order valence-electron chi connectivity index (χ0n) is 9.45. The Hall–Kier alpha value is -1.79. The van der Waals surface area contributed by atoms with Crippen molar-refractivity contribution in [3.63, 3.8) is 0 Å². The highest BCUT2D eigenvalue weighted by Crippen LogP contribution is 1.86. The topological polar surface area (TPSA) is 98.7 Å². The van der Waals surface area contributed by atoms with Gasteiger partial charge in [-0.05, 0) is 13.8 Å². The van der Waals surface area contributed by atoms with Crippen molar-refractivity contribution >= 4 is 17.9 Å². The van der Waals surface area contributed by atoms with Gasteiger partial charge < -0.3 is 20.6 Å². The lowest BCUT2D eigenvalue weighted by atomic mass is 10.5. The van der Waals surface area contributed by atoms with Crippen LogP contribution in [-0.2, 0) is 9.59 Å². The van der Waals surface area contributed by atoms with Gasteiger partial charge in [-0.1, -0.05) is 0 Å². The van der Waals surface area contributed by atoms with Gasteiger partial charge in [0.1, 0.15) is 6.54 Å². The Bertz CT molecular complexity index is 263. The van der Waals surface area contributed by atoms with E-state index in [-0.39, 0.29) is 12.6 Å². The number of nitrogens with zero attached hydrogens (tertiary/aromatic N) is 1. The van der Waals surface area contributed by atoms with Gasteiger partial charge in [-0.15, -0.1) is 0 Å². The average Bonchev–Trinajstić information content (AvgIpc) is 2.25. The van der Waals surface area contributed by atoms with E-state index in [2.05, 4.69) is 10.6 Å². The summed E-state index contributed by atoms with van der Waals surface area (Å²) < 4.78 is 0. The van der Waals surface area contributed by atoms with E-state index in [1.54, 1.807) is 0 Å². The second-order valence-electron chi connectivity index (χ2n) is 3.00. The zero-order chi connectivity index (χ0) is 12.6. The molecule has 16 heavy (non-hydrogen) atoms. The lowest BCUT2D eigenvalue weighted by Crippen LogP contribution is -2.45. The molecule has 7 heteroatoms. The molecule has 0 saturated carbocycles. The molecular weight excluding hydrogens is 214 g/mol. The fourth-order valence-electron chi connectivity index (χ4n) is 1.02. The molecule has 0 aromatic heterocycles. The summed E-state index contributed by atoms with van der Waals surface area (Å²) in [5, 5.41) is 12.8. The molecule has 0 aliphatic rings. The molecule has 0 radical (unpaired) electrons. The number of hydrogen-bond acceptors (Lipinski definition) is 3. The number of amides is 3. The van der Waals surface area contributed by atoms with E-state index in [4.69, 9.17) is 5.11 Å². The van der Waals surface area contributed by atoms with Crippen molar-refractivity contribution in [1.82, 2.24) is 15.5 Å². The Balaban J connectivity index is 3.82. The van der Waals surface area contributed by atoms with Crippen molar-refractivity contribution in [2.75, 3.05) is 26.2 Å². The molecular formula is C9H17N3O4. The molecule has 0 atom stereocenters. The number of carboxylic acids is 1.